The largest absolute Gasteiger partial charge is 0.494 e. The van der Waals surface area contributed by atoms with Gasteiger partial charge in [0.05, 0.1) is 6.61 Å². The molecule has 2 nitrogen and oxygen atoms in total. The van der Waals surface area contributed by atoms with E-state index in [0.29, 0.717) is 0 Å². The molecule has 0 aromatic heterocycles. The van der Waals surface area contributed by atoms with Gasteiger partial charge in [0.1, 0.15) is 5.75 Å². The Morgan fingerprint density at radius 2 is 1.41 bits per heavy atom. The number of hydrogen-bond donors (Lipinski definition) is 0. The quantitative estimate of drug-likeness (QED) is 0.263. The van der Waals surface area contributed by atoms with Crippen molar-refractivity contribution in [3.05, 3.63) is 102 Å². The first-order valence-electron chi connectivity index (χ1n) is 12.1. The molecule has 2 heteroatoms. The zero-order chi connectivity index (χ0) is 22.0. The van der Waals surface area contributed by atoms with Gasteiger partial charge in [0.2, 0.25) is 0 Å². The van der Waals surface area contributed by atoms with Gasteiger partial charge in [-0.25, -0.2) is 0 Å². The number of allylic oxidation sites excluding steroid dienone is 1. The fourth-order valence-corrected chi connectivity index (χ4v) is 4.69. The maximum atomic E-state index is 6.19. The van der Waals surface area contributed by atoms with Gasteiger partial charge in [0.15, 0.2) is 0 Å². The average Bonchev–Trinajstić information content (AvgIpc) is 2.87. The molecule has 32 heavy (non-hydrogen) atoms. The molecule has 1 saturated heterocycles. The summed E-state index contributed by atoms with van der Waals surface area (Å²) in [7, 11) is 0. The van der Waals surface area contributed by atoms with Crippen LogP contribution in [0.3, 0.4) is 0 Å². The van der Waals surface area contributed by atoms with E-state index in [0.717, 1.165) is 31.7 Å². The SMILES string of the molecule is CC/C(=C(\c1ccccc1)c1cccc(OCCCN2CCCCC2)c1)c1ccccc1. The van der Waals surface area contributed by atoms with Gasteiger partial charge in [-0.3, -0.25) is 0 Å². The van der Waals surface area contributed by atoms with E-state index in [9.17, 15) is 0 Å². The first kappa shape index (κ1) is 22.4. The maximum absolute atomic E-state index is 6.19. The van der Waals surface area contributed by atoms with E-state index in [-0.39, 0.29) is 0 Å². The van der Waals surface area contributed by atoms with Crippen LogP contribution < -0.4 is 4.74 Å². The Bertz CT molecular complexity index is 988. The molecule has 1 aliphatic rings. The lowest BCUT2D eigenvalue weighted by Crippen LogP contribution is -2.31. The molecule has 0 radical (unpaired) electrons. The molecule has 3 aromatic rings. The van der Waals surface area contributed by atoms with Crippen molar-refractivity contribution in [3.63, 3.8) is 0 Å². The van der Waals surface area contributed by atoms with Crippen LogP contribution in [0.5, 0.6) is 5.75 Å². The third-order valence-electron chi connectivity index (χ3n) is 6.30. The summed E-state index contributed by atoms with van der Waals surface area (Å²) in [6, 6.07) is 30.1. The second-order valence-corrected chi connectivity index (χ2v) is 8.57. The van der Waals surface area contributed by atoms with Crippen LogP contribution >= 0.6 is 0 Å². The molecule has 0 amide bonds. The summed E-state index contributed by atoms with van der Waals surface area (Å²) >= 11 is 0. The maximum Gasteiger partial charge on any atom is 0.119 e. The van der Waals surface area contributed by atoms with E-state index in [1.54, 1.807) is 0 Å². The molecule has 1 heterocycles. The third kappa shape index (κ3) is 5.89. The van der Waals surface area contributed by atoms with Gasteiger partial charge in [-0.2, -0.15) is 0 Å². The van der Waals surface area contributed by atoms with Crippen LogP contribution in [-0.4, -0.2) is 31.1 Å². The monoisotopic (exact) mass is 425 g/mol. The van der Waals surface area contributed by atoms with Gasteiger partial charge in [0.25, 0.3) is 0 Å². The zero-order valence-corrected chi connectivity index (χ0v) is 19.3. The van der Waals surface area contributed by atoms with E-state index < -0.39 is 0 Å². The average molecular weight is 426 g/mol. The van der Waals surface area contributed by atoms with Crippen molar-refractivity contribution >= 4 is 11.1 Å². The minimum Gasteiger partial charge on any atom is -0.494 e. The van der Waals surface area contributed by atoms with Gasteiger partial charge in [0, 0.05) is 6.54 Å². The van der Waals surface area contributed by atoms with Crippen molar-refractivity contribution in [2.24, 2.45) is 0 Å². The Morgan fingerprint density at radius 1 is 0.750 bits per heavy atom. The molecule has 0 spiro atoms. The summed E-state index contributed by atoms with van der Waals surface area (Å²) in [6.07, 6.45) is 6.13. The van der Waals surface area contributed by atoms with Crippen LogP contribution in [0.25, 0.3) is 11.1 Å². The van der Waals surface area contributed by atoms with Crippen molar-refractivity contribution in [2.75, 3.05) is 26.2 Å². The van der Waals surface area contributed by atoms with Crippen molar-refractivity contribution in [1.82, 2.24) is 4.90 Å². The van der Waals surface area contributed by atoms with Crippen LogP contribution in [0.2, 0.25) is 0 Å². The molecule has 166 valence electrons. The lowest BCUT2D eigenvalue weighted by Gasteiger charge is -2.26. The van der Waals surface area contributed by atoms with Crippen molar-refractivity contribution in [2.45, 2.75) is 39.0 Å². The van der Waals surface area contributed by atoms with Crippen molar-refractivity contribution in [1.29, 1.82) is 0 Å². The fraction of sp³-hybridized carbons (Fsp3) is 0.333. The third-order valence-corrected chi connectivity index (χ3v) is 6.30. The highest BCUT2D eigenvalue weighted by molar-refractivity contribution is 5.98. The van der Waals surface area contributed by atoms with E-state index in [1.807, 2.05) is 0 Å². The molecule has 1 fully saturated rings. The summed E-state index contributed by atoms with van der Waals surface area (Å²) in [5.41, 5.74) is 6.39. The van der Waals surface area contributed by atoms with Crippen LogP contribution in [0.1, 0.15) is 55.7 Å². The molecular weight excluding hydrogens is 390 g/mol. The van der Waals surface area contributed by atoms with Gasteiger partial charge in [-0.15, -0.1) is 0 Å². The molecule has 0 unspecified atom stereocenters. The summed E-state index contributed by atoms with van der Waals surface area (Å²) in [6.45, 7) is 6.65. The van der Waals surface area contributed by atoms with E-state index >= 15 is 0 Å². The number of rotatable bonds is 9. The van der Waals surface area contributed by atoms with Gasteiger partial charge in [-0.05, 0) is 78.7 Å². The van der Waals surface area contributed by atoms with Gasteiger partial charge < -0.3 is 9.64 Å². The normalized spacial score (nSPS) is 15.3. The number of ether oxygens (including phenoxy) is 1. The zero-order valence-electron chi connectivity index (χ0n) is 19.3. The van der Waals surface area contributed by atoms with Crippen molar-refractivity contribution < 1.29 is 4.74 Å². The Morgan fingerprint density at radius 3 is 2.09 bits per heavy atom. The lowest BCUT2D eigenvalue weighted by atomic mass is 9.88. The first-order chi connectivity index (χ1) is 15.8. The van der Waals surface area contributed by atoms with E-state index in [4.69, 9.17) is 4.74 Å². The molecule has 0 saturated carbocycles. The Labute approximate surface area is 193 Å². The topological polar surface area (TPSA) is 12.5 Å². The fourth-order valence-electron chi connectivity index (χ4n) is 4.69. The number of piperidine rings is 1. The molecule has 1 aliphatic heterocycles. The minimum atomic E-state index is 0.768. The number of nitrogens with zero attached hydrogens (tertiary/aromatic N) is 1. The van der Waals surface area contributed by atoms with E-state index in [1.165, 1.54) is 60.2 Å². The molecule has 0 aliphatic carbocycles. The molecule has 0 bridgehead atoms. The summed E-state index contributed by atoms with van der Waals surface area (Å²) in [4.78, 5) is 2.58. The highest BCUT2D eigenvalue weighted by atomic mass is 16.5. The number of hydrogen-bond acceptors (Lipinski definition) is 2. The Balaban J connectivity index is 1.56. The summed E-state index contributed by atoms with van der Waals surface area (Å²) in [5.74, 6) is 0.957. The lowest BCUT2D eigenvalue weighted by molar-refractivity contribution is 0.205. The highest BCUT2D eigenvalue weighted by Gasteiger charge is 2.14. The number of benzene rings is 3. The first-order valence-corrected chi connectivity index (χ1v) is 12.1. The van der Waals surface area contributed by atoms with Crippen LogP contribution in [0.4, 0.5) is 0 Å². The molecule has 4 rings (SSSR count). The van der Waals surface area contributed by atoms with Crippen LogP contribution in [0, 0.1) is 0 Å². The summed E-state index contributed by atoms with van der Waals surface area (Å²) in [5, 5.41) is 0. The van der Waals surface area contributed by atoms with Gasteiger partial charge >= 0.3 is 0 Å². The summed E-state index contributed by atoms with van der Waals surface area (Å²) < 4.78 is 6.19. The predicted molar refractivity (Wildman–Crippen MR) is 136 cm³/mol. The second-order valence-electron chi connectivity index (χ2n) is 8.57. The second kappa shape index (κ2) is 11.7. The molecular formula is C30H35NO. The number of likely N-dealkylation sites (tertiary alicyclic amines) is 1. The van der Waals surface area contributed by atoms with Gasteiger partial charge in [-0.1, -0.05) is 86.1 Å². The standard InChI is InChI=1S/C30H35NO/c1-2-29(25-14-6-3-7-15-25)30(26-16-8-4-9-17-26)27-18-12-19-28(24-27)32-23-13-22-31-20-10-5-11-21-31/h3-4,6-9,12,14-19,24H,2,5,10-11,13,20-23H2,1H3/b30-29-. The van der Waals surface area contributed by atoms with Crippen molar-refractivity contribution in [3.8, 4) is 5.75 Å². The predicted octanol–water partition coefficient (Wildman–Crippen LogP) is 7.31. The minimum absolute atomic E-state index is 0.768. The van der Waals surface area contributed by atoms with E-state index in [2.05, 4.69) is 96.8 Å². The molecule has 3 aromatic carbocycles. The smallest absolute Gasteiger partial charge is 0.119 e. The molecule has 0 N–H and O–H groups in total. The molecule has 0 atom stereocenters. The highest BCUT2D eigenvalue weighted by Crippen LogP contribution is 2.35. The Kier molecular flexibility index (Phi) is 8.17. The van der Waals surface area contributed by atoms with Crippen LogP contribution in [-0.2, 0) is 0 Å². The van der Waals surface area contributed by atoms with Crippen LogP contribution in [0.15, 0.2) is 84.9 Å². The Hall–Kier alpha value is -2.84.